The summed E-state index contributed by atoms with van der Waals surface area (Å²) < 4.78 is 4.79. The van der Waals surface area contributed by atoms with Crippen LogP contribution >= 0.6 is 11.6 Å². The Kier molecular flexibility index (Phi) is 5.45. The summed E-state index contributed by atoms with van der Waals surface area (Å²) in [5.41, 5.74) is 1.83. The third-order valence-electron chi connectivity index (χ3n) is 2.56. The van der Waals surface area contributed by atoms with E-state index in [4.69, 9.17) is 16.3 Å². The molecule has 1 N–H and O–H groups in total. The SMILES string of the molecule is CCCNC(C(=O)OC)c1ccc(C)c(Cl)c1. The predicted molar refractivity (Wildman–Crippen MR) is 69.2 cm³/mol. The number of halogens is 1. The monoisotopic (exact) mass is 255 g/mol. The first-order valence-electron chi connectivity index (χ1n) is 5.67. The molecule has 0 fully saturated rings. The van der Waals surface area contributed by atoms with Crippen LogP contribution in [0.3, 0.4) is 0 Å². The molecule has 4 heteroatoms. The van der Waals surface area contributed by atoms with Crippen LogP contribution < -0.4 is 5.32 Å². The summed E-state index contributed by atoms with van der Waals surface area (Å²) in [6.07, 6.45) is 0.951. The molecule has 94 valence electrons. The number of carbonyl (C=O) groups is 1. The highest BCUT2D eigenvalue weighted by atomic mass is 35.5. The second-order valence-corrected chi connectivity index (χ2v) is 4.33. The molecule has 0 saturated carbocycles. The number of benzene rings is 1. The number of aryl methyl sites for hydroxylation is 1. The summed E-state index contributed by atoms with van der Waals surface area (Å²) in [7, 11) is 1.39. The Morgan fingerprint density at radius 3 is 2.76 bits per heavy atom. The lowest BCUT2D eigenvalue weighted by molar-refractivity contribution is -0.143. The van der Waals surface area contributed by atoms with Gasteiger partial charge in [-0.05, 0) is 37.1 Å². The maximum absolute atomic E-state index is 11.7. The number of hydrogen-bond acceptors (Lipinski definition) is 3. The Balaban J connectivity index is 2.95. The molecule has 0 saturated heterocycles. The van der Waals surface area contributed by atoms with Crippen molar-refractivity contribution in [1.82, 2.24) is 5.32 Å². The number of esters is 1. The molecule has 0 aliphatic heterocycles. The fraction of sp³-hybridized carbons (Fsp3) is 0.462. The van der Waals surface area contributed by atoms with Crippen molar-refractivity contribution >= 4 is 17.6 Å². The quantitative estimate of drug-likeness (QED) is 0.823. The van der Waals surface area contributed by atoms with Gasteiger partial charge in [0, 0.05) is 5.02 Å². The Bertz CT molecular complexity index is 393. The van der Waals surface area contributed by atoms with E-state index in [0.717, 1.165) is 24.1 Å². The first-order chi connectivity index (χ1) is 8.10. The molecule has 1 unspecified atom stereocenters. The van der Waals surface area contributed by atoms with E-state index in [1.165, 1.54) is 7.11 Å². The first kappa shape index (κ1) is 14.0. The highest BCUT2D eigenvalue weighted by Crippen LogP contribution is 2.22. The van der Waals surface area contributed by atoms with Gasteiger partial charge in [-0.1, -0.05) is 30.7 Å². The van der Waals surface area contributed by atoms with E-state index in [9.17, 15) is 4.79 Å². The number of nitrogens with one attached hydrogen (secondary N) is 1. The predicted octanol–water partition coefficient (Wildman–Crippen LogP) is 2.86. The minimum atomic E-state index is -0.446. The summed E-state index contributed by atoms with van der Waals surface area (Å²) in [5, 5.41) is 3.81. The van der Waals surface area contributed by atoms with Crippen molar-refractivity contribution in [2.24, 2.45) is 0 Å². The maximum Gasteiger partial charge on any atom is 0.327 e. The van der Waals surface area contributed by atoms with Crippen LogP contribution in [0.1, 0.15) is 30.5 Å². The second kappa shape index (κ2) is 6.62. The molecule has 0 spiro atoms. The summed E-state index contributed by atoms with van der Waals surface area (Å²) in [6, 6.07) is 5.16. The Hall–Kier alpha value is -1.06. The van der Waals surface area contributed by atoms with Crippen LogP contribution in [0.5, 0.6) is 0 Å². The zero-order valence-electron chi connectivity index (χ0n) is 10.4. The number of ether oxygens (including phenoxy) is 1. The summed E-state index contributed by atoms with van der Waals surface area (Å²) >= 11 is 6.06. The lowest BCUT2D eigenvalue weighted by Gasteiger charge is -2.17. The lowest BCUT2D eigenvalue weighted by atomic mass is 10.0. The molecule has 0 heterocycles. The smallest absolute Gasteiger partial charge is 0.327 e. The number of methoxy groups -OCH3 is 1. The normalized spacial score (nSPS) is 12.2. The topological polar surface area (TPSA) is 38.3 Å². The lowest BCUT2D eigenvalue weighted by Crippen LogP contribution is -2.30. The number of hydrogen-bond donors (Lipinski definition) is 1. The van der Waals surface area contributed by atoms with Crippen molar-refractivity contribution in [3.8, 4) is 0 Å². The van der Waals surface area contributed by atoms with E-state index in [2.05, 4.69) is 5.32 Å². The van der Waals surface area contributed by atoms with Crippen molar-refractivity contribution in [3.05, 3.63) is 34.3 Å². The van der Waals surface area contributed by atoms with E-state index < -0.39 is 6.04 Å². The molecule has 1 atom stereocenters. The molecule has 0 radical (unpaired) electrons. The molecule has 1 aromatic rings. The third-order valence-corrected chi connectivity index (χ3v) is 2.97. The van der Waals surface area contributed by atoms with Gasteiger partial charge in [0.15, 0.2) is 0 Å². The fourth-order valence-corrected chi connectivity index (χ4v) is 1.72. The van der Waals surface area contributed by atoms with Crippen molar-refractivity contribution in [2.45, 2.75) is 26.3 Å². The van der Waals surface area contributed by atoms with Crippen LogP contribution in [-0.2, 0) is 9.53 Å². The Morgan fingerprint density at radius 1 is 1.53 bits per heavy atom. The fourth-order valence-electron chi connectivity index (χ4n) is 1.53. The van der Waals surface area contributed by atoms with E-state index in [-0.39, 0.29) is 5.97 Å². The second-order valence-electron chi connectivity index (χ2n) is 3.92. The molecule has 0 aromatic heterocycles. The van der Waals surface area contributed by atoms with Gasteiger partial charge in [0.1, 0.15) is 6.04 Å². The zero-order valence-corrected chi connectivity index (χ0v) is 11.2. The van der Waals surface area contributed by atoms with Gasteiger partial charge in [-0.25, -0.2) is 4.79 Å². The average molecular weight is 256 g/mol. The molecule has 0 aliphatic carbocycles. The minimum Gasteiger partial charge on any atom is -0.468 e. The number of rotatable bonds is 5. The van der Waals surface area contributed by atoms with Crippen LogP contribution in [0, 0.1) is 6.92 Å². The van der Waals surface area contributed by atoms with Crippen LogP contribution in [0.15, 0.2) is 18.2 Å². The van der Waals surface area contributed by atoms with Gasteiger partial charge in [0.05, 0.1) is 7.11 Å². The van der Waals surface area contributed by atoms with Crippen molar-refractivity contribution < 1.29 is 9.53 Å². The highest BCUT2D eigenvalue weighted by Gasteiger charge is 2.20. The van der Waals surface area contributed by atoms with E-state index >= 15 is 0 Å². The molecular weight excluding hydrogens is 238 g/mol. The molecule has 1 rings (SSSR count). The molecule has 0 aliphatic rings. The van der Waals surface area contributed by atoms with Gasteiger partial charge in [0.2, 0.25) is 0 Å². The van der Waals surface area contributed by atoms with Crippen LogP contribution in [0.2, 0.25) is 5.02 Å². The molecule has 1 aromatic carbocycles. The van der Waals surface area contributed by atoms with Crippen molar-refractivity contribution in [3.63, 3.8) is 0 Å². The first-order valence-corrected chi connectivity index (χ1v) is 6.05. The molecule has 0 bridgehead atoms. The van der Waals surface area contributed by atoms with E-state index in [1.54, 1.807) is 6.07 Å². The van der Waals surface area contributed by atoms with Gasteiger partial charge in [-0.15, -0.1) is 0 Å². The molecule has 3 nitrogen and oxygen atoms in total. The number of carbonyl (C=O) groups excluding carboxylic acids is 1. The Morgan fingerprint density at radius 2 is 2.24 bits per heavy atom. The average Bonchev–Trinajstić information content (AvgIpc) is 2.33. The molecule has 17 heavy (non-hydrogen) atoms. The summed E-state index contributed by atoms with van der Waals surface area (Å²) in [6.45, 7) is 4.73. The Labute approximate surface area is 107 Å². The van der Waals surface area contributed by atoms with Gasteiger partial charge >= 0.3 is 5.97 Å². The molecule has 0 amide bonds. The standard InChI is InChI=1S/C13H18ClNO2/c1-4-7-15-12(13(16)17-3)10-6-5-9(2)11(14)8-10/h5-6,8,12,15H,4,7H2,1-3H3. The van der Waals surface area contributed by atoms with Gasteiger partial charge in [-0.3, -0.25) is 0 Å². The van der Waals surface area contributed by atoms with Gasteiger partial charge in [0.25, 0.3) is 0 Å². The van der Waals surface area contributed by atoms with Crippen LogP contribution in [0.4, 0.5) is 0 Å². The van der Waals surface area contributed by atoms with Gasteiger partial charge < -0.3 is 10.1 Å². The van der Waals surface area contributed by atoms with Crippen molar-refractivity contribution in [1.29, 1.82) is 0 Å². The molecular formula is C13H18ClNO2. The third kappa shape index (κ3) is 3.72. The van der Waals surface area contributed by atoms with Crippen LogP contribution in [0.25, 0.3) is 0 Å². The van der Waals surface area contributed by atoms with E-state index in [1.807, 2.05) is 26.0 Å². The zero-order chi connectivity index (χ0) is 12.8. The summed E-state index contributed by atoms with van der Waals surface area (Å²) in [5.74, 6) is -0.293. The largest absolute Gasteiger partial charge is 0.468 e. The highest BCUT2D eigenvalue weighted by molar-refractivity contribution is 6.31. The van der Waals surface area contributed by atoms with E-state index in [0.29, 0.717) is 5.02 Å². The maximum atomic E-state index is 11.7. The summed E-state index contributed by atoms with van der Waals surface area (Å²) in [4.78, 5) is 11.7. The van der Waals surface area contributed by atoms with Crippen LogP contribution in [-0.4, -0.2) is 19.6 Å². The minimum absolute atomic E-state index is 0.293. The van der Waals surface area contributed by atoms with Gasteiger partial charge in [-0.2, -0.15) is 0 Å². The van der Waals surface area contributed by atoms with Crippen molar-refractivity contribution in [2.75, 3.05) is 13.7 Å².